The average Bonchev–Trinajstić information content (AvgIpc) is 3.14. The third-order valence-electron chi connectivity index (χ3n) is 4.22. The predicted molar refractivity (Wildman–Crippen MR) is 114 cm³/mol. The largest absolute Gasteiger partial charge is 0.462 e. The van der Waals surface area contributed by atoms with Gasteiger partial charge in [0.1, 0.15) is 16.9 Å². The standard InChI is InChI=1S/C21H23N5O3S/c1-4-29-21(28)17-11-26(25-15(17)3)18-9-20(24-13-23-18)30-12-19(27)22-10-16-7-5-14(2)6-8-16/h5-9,11,13H,4,10,12H2,1-3H3,(H,22,27). The monoisotopic (exact) mass is 425 g/mol. The number of aryl methyl sites for hydroxylation is 2. The molecule has 156 valence electrons. The van der Waals surface area contributed by atoms with E-state index in [1.807, 2.05) is 31.2 Å². The number of carbonyl (C=O) groups is 2. The van der Waals surface area contributed by atoms with Gasteiger partial charge in [0.05, 0.1) is 18.1 Å². The topological polar surface area (TPSA) is 99.0 Å². The second kappa shape index (κ2) is 10.0. The Balaban J connectivity index is 1.59. The molecule has 0 aliphatic rings. The quantitative estimate of drug-likeness (QED) is 0.337. The van der Waals surface area contributed by atoms with Crippen LogP contribution < -0.4 is 5.32 Å². The zero-order valence-electron chi connectivity index (χ0n) is 17.1. The first-order valence-electron chi connectivity index (χ1n) is 9.47. The van der Waals surface area contributed by atoms with Crippen LogP contribution in [0.1, 0.15) is 34.1 Å². The van der Waals surface area contributed by atoms with E-state index in [0.717, 1.165) is 5.56 Å². The van der Waals surface area contributed by atoms with Gasteiger partial charge >= 0.3 is 5.97 Å². The first-order valence-corrected chi connectivity index (χ1v) is 10.5. The van der Waals surface area contributed by atoms with Crippen LogP contribution in [0, 0.1) is 13.8 Å². The lowest BCUT2D eigenvalue weighted by Crippen LogP contribution is -2.24. The number of rotatable bonds is 8. The summed E-state index contributed by atoms with van der Waals surface area (Å²) in [4.78, 5) is 32.5. The Hall–Kier alpha value is -3.20. The summed E-state index contributed by atoms with van der Waals surface area (Å²) < 4.78 is 6.54. The number of esters is 1. The number of hydrogen-bond donors (Lipinski definition) is 1. The molecule has 3 rings (SSSR count). The highest BCUT2D eigenvalue weighted by Crippen LogP contribution is 2.18. The molecule has 0 saturated carbocycles. The fourth-order valence-corrected chi connectivity index (χ4v) is 3.31. The van der Waals surface area contributed by atoms with E-state index >= 15 is 0 Å². The summed E-state index contributed by atoms with van der Waals surface area (Å²) >= 11 is 1.30. The Morgan fingerprint density at radius 1 is 1.17 bits per heavy atom. The van der Waals surface area contributed by atoms with E-state index in [0.29, 0.717) is 35.3 Å². The molecule has 0 bridgehead atoms. The van der Waals surface area contributed by atoms with Gasteiger partial charge in [-0.2, -0.15) is 5.10 Å². The van der Waals surface area contributed by atoms with E-state index in [1.54, 1.807) is 26.1 Å². The first kappa shape index (κ1) is 21.5. The molecule has 8 nitrogen and oxygen atoms in total. The molecule has 1 N–H and O–H groups in total. The molecule has 0 radical (unpaired) electrons. The molecular weight excluding hydrogens is 402 g/mol. The summed E-state index contributed by atoms with van der Waals surface area (Å²) in [5, 5.41) is 7.86. The Morgan fingerprint density at radius 3 is 2.67 bits per heavy atom. The normalized spacial score (nSPS) is 10.6. The summed E-state index contributed by atoms with van der Waals surface area (Å²) in [5.41, 5.74) is 3.17. The molecule has 2 heterocycles. The number of amides is 1. The van der Waals surface area contributed by atoms with Crippen molar-refractivity contribution in [3.05, 3.63) is 65.2 Å². The molecule has 30 heavy (non-hydrogen) atoms. The zero-order chi connectivity index (χ0) is 21.5. The number of hydrogen-bond acceptors (Lipinski definition) is 7. The van der Waals surface area contributed by atoms with E-state index in [4.69, 9.17) is 4.74 Å². The van der Waals surface area contributed by atoms with Gasteiger partial charge in [0.25, 0.3) is 0 Å². The lowest BCUT2D eigenvalue weighted by atomic mass is 10.1. The van der Waals surface area contributed by atoms with Crippen LogP contribution in [0.2, 0.25) is 0 Å². The van der Waals surface area contributed by atoms with Crippen molar-refractivity contribution in [1.29, 1.82) is 0 Å². The molecule has 0 unspecified atom stereocenters. The van der Waals surface area contributed by atoms with Crippen LogP contribution in [-0.4, -0.2) is 44.0 Å². The minimum absolute atomic E-state index is 0.0831. The van der Waals surface area contributed by atoms with Crippen LogP contribution in [-0.2, 0) is 16.1 Å². The lowest BCUT2D eigenvalue weighted by Gasteiger charge is -2.06. The van der Waals surface area contributed by atoms with Crippen molar-refractivity contribution in [2.45, 2.75) is 32.3 Å². The maximum atomic E-state index is 12.2. The van der Waals surface area contributed by atoms with Crippen LogP contribution in [0.4, 0.5) is 0 Å². The Kier molecular flexibility index (Phi) is 7.18. The summed E-state index contributed by atoms with van der Waals surface area (Å²) in [6.07, 6.45) is 2.99. The van der Waals surface area contributed by atoms with Crippen molar-refractivity contribution in [3.63, 3.8) is 0 Å². The van der Waals surface area contributed by atoms with Crippen molar-refractivity contribution in [2.75, 3.05) is 12.4 Å². The maximum Gasteiger partial charge on any atom is 0.341 e. The second-order valence-corrected chi connectivity index (χ2v) is 7.55. The molecule has 1 aromatic carbocycles. The summed E-state index contributed by atoms with van der Waals surface area (Å²) in [6.45, 7) is 6.29. The van der Waals surface area contributed by atoms with Gasteiger partial charge in [0, 0.05) is 18.8 Å². The van der Waals surface area contributed by atoms with E-state index in [-0.39, 0.29) is 11.7 Å². The van der Waals surface area contributed by atoms with E-state index in [2.05, 4.69) is 20.4 Å². The van der Waals surface area contributed by atoms with Crippen molar-refractivity contribution in [2.24, 2.45) is 0 Å². The van der Waals surface area contributed by atoms with Crippen molar-refractivity contribution < 1.29 is 14.3 Å². The zero-order valence-corrected chi connectivity index (χ0v) is 17.9. The first-order chi connectivity index (χ1) is 14.5. The SMILES string of the molecule is CCOC(=O)c1cn(-c2cc(SCC(=O)NCc3ccc(C)cc3)ncn2)nc1C. The number of ether oxygens (including phenoxy) is 1. The molecule has 0 spiro atoms. The van der Waals surface area contributed by atoms with Crippen molar-refractivity contribution in [1.82, 2.24) is 25.1 Å². The van der Waals surface area contributed by atoms with Crippen LogP contribution in [0.5, 0.6) is 0 Å². The molecular formula is C21H23N5O3S. The van der Waals surface area contributed by atoms with Crippen molar-refractivity contribution >= 4 is 23.6 Å². The summed E-state index contributed by atoms with van der Waals surface area (Å²) in [6, 6.07) is 9.75. The number of nitrogens with one attached hydrogen (secondary N) is 1. The molecule has 0 saturated heterocycles. The van der Waals surface area contributed by atoms with Gasteiger partial charge in [-0.25, -0.2) is 19.4 Å². The predicted octanol–water partition coefficient (Wildman–Crippen LogP) is 2.86. The molecule has 1 amide bonds. The smallest absolute Gasteiger partial charge is 0.341 e. The Bertz CT molecular complexity index is 1030. The summed E-state index contributed by atoms with van der Waals surface area (Å²) in [5.74, 6) is 0.232. The number of benzene rings is 1. The molecule has 0 aliphatic carbocycles. The van der Waals surface area contributed by atoms with Gasteiger partial charge in [-0.05, 0) is 26.3 Å². The molecule has 2 aromatic heterocycles. The number of nitrogens with zero attached hydrogens (tertiary/aromatic N) is 4. The number of aromatic nitrogens is 4. The second-order valence-electron chi connectivity index (χ2n) is 6.56. The van der Waals surface area contributed by atoms with Gasteiger partial charge in [-0.3, -0.25) is 4.79 Å². The average molecular weight is 426 g/mol. The molecule has 0 aliphatic heterocycles. The fraction of sp³-hybridized carbons (Fsp3) is 0.286. The van der Waals surface area contributed by atoms with Gasteiger partial charge in [0.2, 0.25) is 5.91 Å². The van der Waals surface area contributed by atoms with Gasteiger partial charge in [-0.15, -0.1) is 0 Å². The van der Waals surface area contributed by atoms with E-state index < -0.39 is 5.97 Å². The number of thioether (sulfide) groups is 1. The van der Waals surface area contributed by atoms with Crippen LogP contribution in [0.3, 0.4) is 0 Å². The van der Waals surface area contributed by atoms with Crippen LogP contribution in [0.25, 0.3) is 5.82 Å². The fourth-order valence-electron chi connectivity index (χ4n) is 2.62. The number of carbonyl (C=O) groups excluding carboxylic acids is 2. The molecule has 3 aromatic rings. The van der Waals surface area contributed by atoms with E-state index in [1.165, 1.54) is 28.3 Å². The molecule has 0 atom stereocenters. The Labute approximate surface area is 179 Å². The van der Waals surface area contributed by atoms with Gasteiger partial charge in [-0.1, -0.05) is 41.6 Å². The van der Waals surface area contributed by atoms with Gasteiger partial charge < -0.3 is 10.1 Å². The Morgan fingerprint density at radius 2 is 1.93 bits per heavy atom. The van der Waals surface area contributed by atoms with Crippen molar-refractivity contribution in [3.8, 4) is 5.82 Å². The van der Waals surface area contributed by atoms with Crippen LogP contribution >= 0.6 is 11.8 Å². The van der Waals surface area contributed by atoms with E-state index in [9.17, 15) is 9.59 Å². The molecule has 0 fully saturated rings. The summed E-state index contributed by atoms with van der Waals surface area (Å²) in [7, 11) is 0. The minimum Gasteiger partial charge on any atom is -0.462 e. The minimum atomic E-state index is -0.421. The highest BCUT2D eigenvalue weighted by Gasteiger charge is 2.16. The highest BCUT2D eigenvalue weighted by molar-refractivity contribution is 7.99. The third-order valence-corrected chi connectivity index (χ3v) is 5.14. The van der Waals surface area contributed by atoms with Crippen LogP contribution in [0.15, 0.2) is 47.9 Å². The molecule has 9 heteroatoms. The third kappa shape index (κ3) is 5.66. The highest BCUT2D eigenvalue weighted by atomic mass is 32.2. The maximum absolute atomic E-state index is 12.2. The van der Waals surface area contributed by atoms with Gasteiger partial charge in [0.15, 0.2) is 5.82 Å². The lowest BCUT2D eigenvalue weighted by molar-refractivity contribution is -0.118.